The molecule has 106 valence electrons. The number of ether oxygens (including phenoxy) is 2. The first kappa shape index (κ1) is 15.7. The Bertz CT molecular complexity index is 435. The molecule has 0 heterocycles. The lowest BCUT2D eigenvalue weighted by Gasteiger charge is -2.16. The maximum Gasteiger partial charge on any atom is 0.233 e. The van der Waals surface area contributed by atoms with Gasteiger partial charge in [-0.3, -0.25) is 4.79 Å². The standard InChI is InChI=1S/C14H21NO3S/c1-9(2)13(19)14(16)15-8-10-5-6-11(17-3)7-12(10)18-4/h5-7,9,13,19H,8H2,1-4H3,(H,15,16). The van der Waals surface area contributed by atoms with Crippen LogP contribution in [-0.4, -0.2) is 25.4 Å². The lowest BCUT2D eigenvalue weighted by atomic mass is 10.1. The van der Waals surface area contributed by atoms with Gasteiger partial charge in [-0.25, -0.2) is 0 Å². The molecule has 0 bridgehead atoms. The molecule has 5 heteroatoms. The van der Waals surface area contributed by atoms with Crippen molar-refractivity contribution in [2.24, 2.45) is 5.92 Å². The fourth-order valence-corrected chi connectivity index (χ4v) is 1.68. The second-order valence-electron chi connectivity index (χ2n) is 4.58. The van der Waals surface area contributed by atoms with Gasteiger partial charge in [0.2, 0.25) is 5.91 Å². The molecule has 1 atom stereocenters. The lowest BCUT2D eigenvalue weighted by Crippen LogP contribution is -2.34. The average Bonchev–Trinajstić information content (AvgIpc) is 2.43. The van der Waals surface area contributed by atoms with Crippen molar-refractivity contribution >= 4 is 18.5 Å². The Labute approximate surface area is 119 Å². The number of benzene rings is 1. The summed E-state index contributed by atoms with van der Waals surface area (Å²) in [5.74, 6) is 1.54. The summed E-state index contributed by atoms with van der Waals surface area (Å²) < 4.78 is 10.4. The molecule has 4 nitrogen and oxygen atoms in total. The van der Waals surface area contributed by atoms with Crippen LogP contribution in [0.4, 0.5) is 0 Å². The summed E-state index contributed by atoms with van der Waals surface area (Å²) in [6.07, 6.45) is 0. The van der Waals surface area contributed by atoms with Crippen molar-refractivity contribution in [1.29, 1.82) is 0 Å². The van der Waals surface area contributed by atoms with Gasteiger partial charge in [0, 0.05) is 18.2 Å². The summed E-state index contributed by atoms with van der Waals surface area (Å²) in [5, 5.41) is 2.55. The predicted octanol–water partition coefficient (Wildman–Crippen LogP) is 2.27. The Balaban J connectivity index is 2.70. The molecule has 0 spiro atoms. The maximum absolute atomic E-state index is 11.8. The molecule has 0 saturated heterocycles. The van der Waals surface area contributed by atoms with Crippen LogP contribution in [0.25, 0.3) is 0 Å². The maximum atomic E-state index is 11.8. The topological polar surface area (TPSA) is 47.6 Å². The van der Waals surface area contributed by atoms with Crippen molar-refractivity contribution in [1.82, 2.24) is 5.32 Å². The van der Waals surface area contributed by atoms with Gasteiger partial charge in [-0.2, -0.15) is 12.6 Å². The van der Waals surface area contributed by atoms with Crippen LogP contribution in [0, 0.1) is 5.92 Å². The van der Waals surface area contributed by atoms with E-state index in [1.165, 1.54) is 0 Å². The third kappa shape index (κ3) is 4.35. The summed E-state index contributed by atoms with van der Waals surface area (Å²) in [7, 11) is 3.19. The van der Waals surface area contributed by atoms with Gasteiger partial charge in [-0.15, -0.1) is 0 Å². The fourth-order valence-electron chi connectivity index (χ4n) is 1.59. The zero-order valence-electron chi connectivity index (χ0n) is 11.8. The number of rotatable bonds is 6. The first-order chi connectivity index (χ1) is 8.99. The van der Waals surface area contributed by atoms with Gasteiger partial charge in [-0.05, 0) is 18.1 Å². The molecular weight excluding hydrogens is 262 g/mol. The van der Waals surface area contributed by atoms with Gasteiger partial charge < -0.3 is 14.8 Å². The Morgan fingerprint density at radius 3 is 2.53 bits per heavy atom. The van der Waals surface area contributed by atoms with Crippen LogP contribution in [0.15, 0.2) is 18.2 Å². The molecule has 0 radical (unpaired) electrons. The highest BCUT2D eigenvalue weighted by Gasteiger charge is 2.17. The molecule has 19 heavy (non-hydrogen) atoms. The Kier molecular flexibility index (Phi) is 6.02. The number of thiol groups is 1. The lowest BCUT2D eigenvalue weighted by molar-refractivity contribution is -0.121. The van der Waals surface area contributed by atoms with Crippen LogP contribution in [0.2, 0.25) is 0 Å². The van der Waals surface area contributed by atoms with Gasteiger partial charge in [-0.1, -0.05) is 13.8 Å². The molecule has 0 fully saturated rings. The molecule has 1 rings (SSSR count). The van der Waals surface area contributed by atoms with E-state index < -0.39 is 0 Å². The highest BCUT2D eigenvalue weighted by Crippen LogP contribution is 2.24. The first-order valence-electron chi connectivity index (χ1n) is 6.16. The van der Waals surface area contributed by atoms with Crippen LogP contribution in [-0.2, 0) is 11.3 Å². The number of methoxy groups -OCH3 is 2. The SMILES string of the molecule is COc1ccc(CNC(=O)C(S)C(C)C)c(OC)c1. The minimum absolute atomic E-state index is 0.0730. The Hall–Kier alpha value is -1.36. The van der Waals surface area contributed by atoms with Crippen LogP contribution in [0.5, 0.6) is 11.5 Å². The van der Waals surface area contributed by atoms with Gasteiger partial charge in [0.15, 0.2) is 0 Å². The molecule has 1 unspecified atom stereocenters. The van der Waals surface area contributed by atoms with Gasteiger partial charge >= 0.3 is 0 Å². The van der Waals surface area contributed by atoms with E-state index in [1.807, 2.05) is 26.0 Å². The normalized spacial score (nSPS) is 12.1. The number of hydrogen-bond donors (Lipinski definition) is 2. The van der Waals surface area contributed by atoms with Crippen molar-refractivity contribution in [2.45, 2.75) is 25.6 Å². The van der Waals surface area contributed by atoms with Crippen LogP contribution in [0.3, 0.4) is 0 Å². The third-order valence-corrected chi connectivity index (χ3v) is 3.68. The summed E-state index contributed by atoms with van der Waals surface area (Å²) in [5.41, 5.74) is 0.904. The predicted molar refractivity (Wildman–Crippen MR) is 79.0 cm³/mol. The third-order valence-electron chi connectivity index (χ3n) is 2.85. The Morgan fingerprint density at radius 1 is 1.32 bits per heavy atom. The van der Waals surface area contributed by atoms with E-state index in [-0.39, 0.29) is 17.1 Å². The molecule has 0 aromatic heterocycles. The summed E-state index contributed by atoms with van der Waals surface area (Å²) in [6, 6.07) is 5.51. The highest BCUT2D eigenvalue weighted by molar-refractivity contribution is 7.81. The summed E-state index contributed by atoms with van der Waals surface area (Å²) in [6.45, 7) is 4.34. The monoisotopic (exact) mass is 283 g/mol. The largest absolute Gasteiger partial charge is 0.497 e. The van der Waals surface area contributed by atoms with E-state index in [4.69, 9.17) is 9.47 Å². The molecule has 0 saturated carbocycles. The van der Waals surface area contributed by atoms with E-state index in [0.717, 1.165) is 11.3 Å². The zero-order chi connectivity index (χ0) is 14.4. The molecule has 1 amide bonds. The Morgan fingerprint density at radius 2 is 2.00 bits per heavy atom. The van der Waals surface area contributed by atoms with Crippen molar-refractivity contribution in [2.75, 3.05) is 14.2 Å². The average molecular weight is 283 g/mol. The smallest absolute Gasteiger partial charge is 0.233 e. The van der Waals surface area contributed by atoms with Crippen LogP contribution < -0.4 is 14.8 Å². The molecular formula is C14H21NO3S. The van der Waals surface area contributed by atoms with Gasteiger partial charge in [0.1, 0.15) is 11.5 Å². The summed E-state index contributed by atoms with van der Waals surface area (Å²) >= 11 is 4.28. The molecule has 0 aliphatic rings. The number of carbonyl (C=O) groups excluding carboxylic acids is 1. The van der Waals surface area contributed by atoms with Crippen molar-refractivity contribution < 1.29 is 14.3 Å². The van der Waals surface area contributed by atoms with E-state index in [0.29, 0.717) is 12.3 Å². The summed E-state index contributed by atoms with van der Waals surface area (Å²) in [4.78, 5) is 11.8. The fraction of sp³-hybridized carbons (Fsp3) is 0.500. The first-order valence-corrected chi connectivity index (χ1v) is 6.68. The molecule has 0 aliphatic carbocycles. The second-order valence-corrected chi connectivity index (χ2v) is 5.14. The van der Waals surface area contributed by atoms with E-state index in [9.17, 15) is 4.79 Å². The minimum Gasteiger partial charge on any atom is -0.497 e. The van der Waals surface area contributed by atoms with E-state index in [1.54, 1.807) is 20.3 Å². The van der Waals surface area contributed by atoms with E-state index in [2.05, 4.69) is 17.9 Å². The second kappa shape index (κ2) is 7.28. The molecule has 1 aromatic rings. The van der Waals surface area contributed by atoms with Gasteiger partial charge in [0.05, 0.1) is 19.5 Å². The molecule has 0 aliphatic heterocycles. The highest BCUT2D eigenvalue weighted by atomic mass is 32.1. The quantitative estimate of drug-likeness (QED) is 0.787. The van der Waals surface area contributed by atoms with Gasteiger partial charge in [0.25, 0.3) is 0 Å². The number of amides is 1. The van der Waals surface area contributed by atoms with Crippen LogP contribution >= 0.6 is 12.6 Å². The zero-order valence-corrected chi connectivity index (χ0v) is 12.7. The van der Waals surface area contributed by atoms with E-state index >= 15 is 0 Å². The number of carbonyl (C=O) groups is 1. The van der Waals surface area contributed by atoms with Crippen molar-refractivity contribution in [3.05, 3.63) is 23.8 Å². The van der Waals surface area contributed by atoms with Crippen molar-refractivity contribution in [3.8, 4) is 11.5 Å². The minimum atomic E-state index is -0.302. The van der Waals surface area contributed by atoms with Crippen molar-refractivity contribution in [3.63, 3.8) is 0 Å². The molecule has 1 N–H and O–H groups in total. The number of hydrogen-bond acceptors (Lipinski definition) is 4. The molecule has 1 aromatic carbocycles. The number of nitrogens with one attached hydrogen (secondary N) is 1. The van der Waals surface area contributed by atoms with Crippen LogP contribution in [0.1, 0.15) is 19.4 Å².